The molecule has 2 aromatic carbocycles. The number of carbonyl (C=O) groups is 1. The molecule has 0 aromatic heterocycles. The second-order valence-electron chi connectivity index (χ2n) is 5.46. The van der Waals surface area contributed by atoms with E-state index in [0.29, 0.717) is 32.1 Å². The van der Waals surface area contributed by atoms with Crippen LogP contribution in [-0.4, -0.2) is 17.1 Å². The van der Waals surface area contributed by atoms with E-state index in [2.05, 4.69) is 26.6 Å². The summed E-state index contributed by atoms with van der Waals surface area (Å²) in [5, 5.41) is 6.43. The van der Waals surface area contributed by atoms with Gasteiger partial charge in [-0.25, -0.2) is 0 Å². The van der Waals surface area contributed by atoms with E-state index in [1.54, 1.807) is 18.2 Å². The number of nitrogens with one attached hydrogen (secondary N) is 2. The molecule has 0 fully saturated rings. The van der Waals surface area contributed by atoms with Crippen molar-refractivity contribution in [1.82, 2.24) is 5.32 Å². The van der Waals surface area contributed by atoms with E-state index in [-0.39, 0.29) is 11.2 Å². The van der Waals surface area contributed by atoms with Crippen molar-refractivity contribution in [3.8, 4) is 5.75 Å². The van der Waals surface area contributed by atoms with E-state index in [0.717, 1.165) is 4.47 Å². The maximum atomic E-state index is 12.6. The van der Waals surface area contributed by atoms with Gasteiger partial charge < -0.3 is 10.1 Å². The van der Waals surface area contributed by atoms with E-state index in [1.165, 1.54) is 12.1 Å². The Morgan fingerprint density at radius 2 is 1.77 bits per heavy atom. The van der Waals surface area contributed by atoms with Gasteiger partial charge in [0.05, 0.1) is 32.4 Å². The van der Waals surface area contributed by atoms with Crippen molar-refractivity contribution < 1.29 is 9.53 Å². The second kappa shape index (κ2) is 9.24. The zero-order valence-corrected chi connectivity index (χ0v) is 18.4. The van der Waals surface area contributed by atoms with Gasteiger partial charge in [-0.15, -0.1) is 0 Å². The summed E-state index contributed by atoms with van der Waals surface area (Å²) in [6.07, 6.45) is -0.0807. The SMILES string of the molecule is CC(C)Oc1ccc(Br)cc1C(=O)NC(=S)Nc1cc(Cl)c(Cl)cc1Cl. The number of carbonyl (C=O) groups excluding carboxylic acids is 1. The lowest BCUT2D eigenvalue weighted by atomic mass is 10.2. The van der Waals surface area contributed by atoms with Gasteiger partial charge in [0.15, 0.2) is 5.11 Å². The van der Waals surface area contributed by atoms with Gasteiger partial charge in [-0.05, 0) is 56.4 Å². The number of hydrogen-bond donors (Lipinski definition) is 2. The number of amides is 1. The fourth-order valence-corrected chi connectivity index (χ4v) is 3.14. The first kappa shape index (κ1) is 21.3. The maximum Gasteiger partial charge on any atom is 0.261 e. The molecule has 4 nitrogen and oxygen atoms in total. The maximum absolute atomic E-state index is 12.6. The Kier molecular flexibility index (Phi) is 7.55. The minimum Gasteiger partial charge on any atom is -0.490 e. The summed E-state index contributed by atoms with van der Waals surface area (Å²) in [5.74, 6) is 0.0340. The van der Waals surface area contributed by atoms with Crippen molar-refractivity contribution in [2.24, 2.45) is 0 Å². The number of halogens is 4. The Bertz CT molecular complexity index is 862. The van der Waals surface area contributed by atoms with Crippen molar-refractivity contribution in [3.63, 3.8) is 0 Å². The number of thiocarbonyl (C=S) groups is 1. The number of ether oxygens (including phenoxy) is 1. The Hall–Kier alpha value is -1.05. The Morgan fingerprint density at radius 3 is 2.42 bits per heavy atom. The van der Waals surface area contributed by atoms with Crippen molar-refractivity contribution in [2.75, 3.05) is 5.32 Å². The highest BCUT2D eigenvalue weighted by Gasteiger charge is 2.16. The Morgan fingerprint density at radius 1 is 1.12 bits per heavy atom. The van der Waals surface area contributed by atoms with E-state index < -0.39 is 5.91 Å². The average Bonchev–Trinajstić information content (AvgIpc) is 2.53. The molecule has 0 heterocycles. The van der Waals surface area contributed by atoms with Gasteiger partial charge in [0.2, 0.25) is 0 Å². The predicted molar refractivity (Wildman–Crippen MR) is 115 cm³/mol. The largest absolute Gasteiger partial charge is 0.490 e. The summed E-state index contributed by atoms with van der Waals surface area (Å²) in [5.41, 5.74) is 0.775. The van der Waals surface area contributed by atoms with Gasteiger partial charge in [0.25, 0.3) is 5.91 Å². The zero-order valence-electron chi connectivity index (χ0n) is 13.7. The molecule has 0 bridgehead atoms. The molecule has 2 rings (SSSR count). The van der Waals surface area contributed by atoms with Crippen LogP contribution in [0.25, 0.3) is 0 Å². The molecule has 0 aliphatic heterocycles. The molecule has 0 aliphatic rings. The highest BCUT2D eigenvalue weighted by atomic mass is 79.9. The van der Waals surface area contributed by atoms with Gasteiger partial charge in [-0.3, -0.25) is 10.1 Å². The van der Waals surface area contributed by atoms with Crippen molar-refractivity contribution >= 4 is 79.7 Å². The van der Waals surface area contributed by atoms with Crippen LogP contribution in [-0.2, 0) is 0 Å². The van der Waals surface area contributed by atoms with Gasteiger partial charge in [0.1, 0.15) is 5.75 Å². The third-order valence-corrected chi connectivity index (χ3v) is 4.77. The minimum atomic E-state index is -0.421. The van der Waals surface area contributed by atoms with Crippen LogP contribution in [0.1, 0.15) is 24.2 Å². The third-order valence-electron chi connectivity index (χ3n) is 3.03. The highest BCUT2D eigenvalue weighted by molar-refractivity contribution is 9.10. The van der Waals surface area contributed by atoms with Crippen LogP contribution >= 0.6 is 63.0 Å². The lowest BCUT2D eigenvalue weighted by Gasteiger charge is -2.16. The average molecular weight is 497 g/mol. The lowest BCUT2D eigenvalue weighted by Crippen LogP contribution is -2.34. The Balaban J connectivity index is 2.16. The molecule has 0 spiro atoms. The quantitative estimate of drug-likeness (QED) is 0.384. The molecule has 0 saturated heterocycles. The number of hydrogen-bond acceptors (Lipinski definition) is 3. The summed E-state index contributed by atoms with van der Waals surface area (Å²) < 4.78 is 6.41. The zero-order chi connectivity index (χ0) is 19.4. The summed E-state index contributed by atoms with van der Waals surface area (Å²) in [6.45, 7) is 3.75. The van der Waals surface area contributed by atoms with E-state index in [1.807, 2.05) is 13.8 Å². The monoisotopic (exact) mass is 494 g/mol. The third kappa shape index (κ3) is 5.72. The molecule has 0 radical (unpaired) electrons. The van der Waals surface area contributed by atoms with Gasteiger partial charge in [-0.1, -0.05) is 50.7 Å². The summed E-state index contributed by atoms with van der Waals surface area (Å²) in [4.78, 5) is 12.6. The van der Waals surface area contributed by atoms with Crippen LogP contribution in [0.3, 0.4) is 0 Å². The standard InChI is InChI=1S/C17H14BrCl3N2O2S/c1-8(2)25-15-4-3-9(18)5-10(15)16(24)23-17(26)22-14-7-12(20)11(19)6-13(14)21/h3-8H,1-2H3,(H2,22,23,24,26). The van der Waals surface area contributed by atoms with Gasteiger partial charge in [-0.2, -0.15) is 0 Å². The van der Waals surface area contributed by atoms with Crippen LogP contribution in [0.5, 0.6) is 5.75 Å². The molecule has 26 heavy (non-hydrogen) atoms. The fourth-order valence-electron chi connectivity index (χ4n) is 1.98. The van der Waals surface area contributed by atoms with E-state index >= 15 is 0 Å². The molecule has 0 atom stereocenters. The van der Waals surface area contributed by atoms with Crippen LogP contribution < -0.4 is 15.4 Å². The van der Waals surface area contributed by atoms with Crippen molar-refractivity contribution in [2.45, 2.75) is 20.0 Å². The fraction of sp³-hybridized carbons (Fsp3) is 0.176. The molecule has 2 aromatic rings. The molecule has 138 valence electrons. The molecule has 0 unspecified atom stereocenters. The number of anilines is 1. The molecular formula is C17H14BrCl3N2O2S. The van der Waals surface area contributed by atoms with Gasteiger partial charge >= 0.3 is 0 Å². The topological polar surface area (TPSA) is 50.4 Å². The Labute approximate surface area is 180 Å². The number of rotatable bonds is 4. The molecule has 2 N–H and O–H groups in total. The smallest absolute Gasteiger partial charge is 0.261 e. The normalized spacial score (nSPS) is 10.6. The first-order valence-electron chi connectivity index (χ1n) is 7.40. The summed E-state index contributed by atoms with van der Waals surface area (Å²) in [6, 6.07) is 8.17. The summed E-state index contributed by atoms with van der Waals surface area (Å²) in [7, 11) is 0. The lowest BCUT2D eigenvalue weighted by molar-refractivity contribution is 0.0972. The molecule has 0 saturated carbocycles. The van der Waals surface area contributed by atoms with E-state index in [9.17, 15) is 4.79 Å². The van der Waals surface area contributed by atoms with Gasteiger partial charge in [0, 0.05) is 4.47 Å². The van der Waals surface area contributed by atoms with Crippen LogP contribution in [0.2, 0.25) is 15.1 Å². The van der Waals surface area contributed by atoms with Crippen LogP contribution in [0, 0.1) is 0 Å². The van der Waals surface area contributed by atoms with Crippen molar-refractivity contribution in [1.29, 1.82) is 0 Å². The minimum absolute atomic E-state index is 0.0609. The molecular weight excluding hydrogens is 483 g/mol. The second-order valence-corrected chi connectivity index (χ2v) is 8.01. The molecule has 9 heteroatoms. The van der Waals surface area contributed by atoms with E-state index in [4.69, 9.17) is 51.8 Å². The first-order chi connectivity index (χ1) is 12.2. The predicted octanol–water partition coefficient (Wildman–Crippen LogP) is 6.32. The van der Waals surface area contributed by atoms with Crippen LogP contribution in [0.15, 0.2) is 34.8 Å². The highest BCUT2D eigenvalue weighted by Crippen LogP contribution is 2.32. The first-order valence-corrected chi connectivity index (χ1v) is 9.74. The summed E-state index contributed by atoms with van der Waals surface area (Å²) >= 11 is 26.5. The van der Waals surface area contributed by atoms with Crippen LogP contribution in [0.4, 0.5) is 5.69 Å². The number of benzene rings is 2. The molecule has 1 amide bonds. The van der Waals surface area contributed by atoms with Crippen molar-refractivity contribution in [3.05, 3.63) is 55.4 Å². The molecule has 0 aliphatic carbocycles.